The highest BCUT2D eigenvalue weighted by Gasteiger charge is 2.30. The predicted molar refractivity (Wildman–Crippen MR) is 72.4 cm³/mol. The fraction of sp³-hybridized carbons (Fsp3) is 0.615. The Morgan fingerprint density at radius 2 is 2.21 bits per heavy atom. The van der Waals surface area contributed by atoms with Crippen molar-refractivity contribution >= 4 is 11.5 Å². The second kappa shape index (κ2) is 4.77. The molecule has 2 bridgehead atoms. The van der Waals surface area contributed by atoms with E-state index in [1.54, 1.807) is 6.92 Å². The fourth-order valence-corrected chi connectivity index (χ4v) is 3.05. The third-order valence-electron chi connectivity index (χ3n) is 4.11. The van der Waals surface area contributed by atoms with Gasteiger partial charge >= 0.3 is 0 Å². The molecule has 6 nitrogen and oxygen atoms in total. The largest absolute Gasteiger partial charge is 0.355 e. The van der Waals surface area contributed by atoms with Gasteiger partial charge in [-0.2, -0.15) is 0 Å². The van der Waals surface area contributed by atoms with Crippen molar-refractivity contribution in [3.8, 4) is 0 Å². The van der Waals surface area contributed by atoms with Gasteiger partial charge in [0, 0.05) is 30.7 Å². The summed E-state index contributed by atoms with van der Waals surface area (Å²) in [4.78, 5) is 16.9. The third-order valence-corrected chi connectivity index (χ3v) is 4.11. The van der Waals surface area contributed by atoms with Gasteiger partial charge in [-0.15, -0.1) is 0 Å². The van der Waals surface area contributed by atoms with Crippen LogP contribution in [0.3, 0.4) is 0 Å². The molecule has 0 amide bonds. The van der Waals surface area contributed by atoms with Crippen LogP contribution in [0.15, 0.2) is 12.3 Å². The molecular weight excluding hydrogens is 244 g/mol. The highest BCUT2D eigenvalue weighted by atomic mass is 16.6. The van der Waals surface area contributed by atoms with Crippen molar-refractivity contribution in [2.75, 3.05) is 18.0 Å². The number of nitrogens with zero attached hydrogens (tertiary/aromatic N) is 3. The summed E-state index contributed by atoms with van der Waals surface area (Å²) in [5, 5.41) is 14.4. The monoisotopic (exact) mass is 262 g/mol. The van der Waals surface area contributed by atoms with Gasteiger partial charge in [-0.3, -0.25) is 10.1 Å². The number of aromatic nitrogens is 1. The molecule has 6 heteroatoms. The number of pyridine rings is 1. The molecule has 2 fully saturated rings. The average Bonchev–Trinajstić information content (AvgIpc) is 2.68. The Labute approximate surface area is 112 Å². The third kappa shape index (κ3) is 2.40. The molecule has 0 spiro atoms. The summed E-state index contributed by atoms with van der Waals surface area (Å²) in [5.74, 6) is 0.859. The maximum Gasteiger partial charge on any atom is 0.290 e. The molecule has 1 aromatic heterocycles. The Morgan fingerprint density at radius 3 is 2.95 bits per heavy atom. The Kier molecular flexibility index (Phi) is 3.10. The molecular formula is C13H18N4O2. The van der Waals surface area contributed by atoms with Gasteiger partial charge in [-0.25, -0.2) is 4.98 Å². The molecule has 3 rings (SSSR count). The molecule has 19 heavy (non-hydrogen) atoms. The van der Waals surface area contributed by atoms with E-state index < -0.39 is 0 Å². The maximum absolute atomic E-state index is 10.8. The maximum atomic E-state index is 10.8. The predicted octanol–water partition coefficient (Wildman–Crippen LogP) is 1.63. The van der Waals surface area contributed by atoms with Crippen molar-refractivity contribution in [2.24, 2.45) is 0 Å². The van der Waals surface area contributed by atoms with Crippen LogP contribution < -0.4 is 10.2 Å². The van der Waals surface area contributed by atoms with Crippen LogP contribution in [0.25, 0.3) is 0 Å². The smallest absolute Gasteiger partial charge is 0.290 e. The Bertz CT molecular complexity index is 505. The van der Waals surface area contributed by atoms with Crippen LogP contribution in [0, 0.1) is 17.0 Å². The second-order valence-corrected chi connectivity index (χ2v) is 5.46. The lowest BCUT2D eigenvalue weighted by molar-refractivity contribution is -0.385. The van der Waals surface area contributed by atoms with Gasteiger partial charge in [0.2, 0.25) is 0 Å². The topological polar surface area (TPSA) is 71.3 Å². The molecule has 2 saturated heterocycles. The number of aryl methyl sites for hydroxylation is 1. The van der Waals surface area contributed by atoms with Gasteiger partial charge in [0.15, 0.2) is 0 Å². The van der Waals surface area contributed by atoms with Crippen molar-refractivity contribution in [3.63, 3.8) is 0 Å². The van der Waals surface area contributed by atoms with Crippen LogP contribution in [-0.2, 0) is 0 Å². The minimum absolute atomic E-state index is 0.0956. The molecule has 102 valence electrons. The summed E-state index contributed by atoms with van der Waals surface area (Å²) in [6, 6.07) is 3.00. The first-order valence-electron chi connectivity index (χ1n) is 6.75. The van der Waals surface area contributed by atoms with E-state index in [0.717, 1.165) is 25.3 Å². The van der Waals surface area contributed by atoms with E-state index in [1.807, 2.05) is 6.07 Å². The van der Waals surface area contributed by atoms with E-state index in [4.69, 9.17) is 0 Å². The SMILES string of the molecule is Cc1cc(N2CCC3CCC(C2)N3)ncc1[N+](=O)[O-]. The molecule has 0 radical (unpaired) electrons. The van der Waals surface area contributed by atoms with Crippen molar-refractivity contribution < 1.29 is 4.92 Å². The minimum atomic E-state index is -0.377. The van der Waals surface area contributed by atoms with Crippen molar-refractivity contribution in [2.45, 2.75) is 38.3 Å². The van der Waals surface area contributed by atoms with Crippen molar-refractivity contribution in [1.82, 2.24) is 10.3 Å². The number of hydrogen-bond donors (Lipinski definition) is 1. The normalized spacial score (nSPS) is 26.3. The van der Waals surface area contributed by atoms with E-state index in [-0.39, 0.29) is 10.6 Å². The van der Waals surface area contributed by atoms with Crippen molar-refractivity contribution in [1.29, 1.82) is 0 Å². The standard InChI is InChI=1S/C13H18N4O2/c1-9-6-13(14-7-12(9)17(18)19)16-5-4-10-2-3-11(8-16)15-10/h6-7,10-11,15H,2-5,8H2,1H3. The number of nitrogens with one attached hydrogen (secondary N) is 1. The van der Waals surface area contributed by atoms with Crippen LogP contribution in [0.2, 0.25) is 0 Å². The summed E-state index contributed by atoms with van der Waals surface area (Å²) in [6.07, 6.45) is 4.98. The first-order valence-corrected chi connectivity index (χ1v) is 6.75. The highest BCUT2D eigenvalue weighted by Crippen LogP contribution is 2.26. The summed E-state index contributed by atoms with van der Waals surface area (Å²) in [6.45, 7) is 3.69. The number of rotatable bonds is 2. The number of hydrogen-bond acceptors (Lipinski definition) is 5. The lowest BCUT2D eigenvalue weighted by Gasteiger charge is -2.25. The lowest BCUT2D eigenvalue weighted by atomic mass is 10.1. The van der Waals surface area contributed by atoms with Gasteiger partial charge < -0.3 is 10.2 Å². The molecule has 1 N–H and O–H groups in total. The quantitative estimate of drug-likeness (QED) is 0.648. The van der Waals surface area contributed by atoms with Crippen LogP contribution >= 0.6 is 0 Å². The lowest BCUT2D eigenvalue weighted by Crippen LogP contribution is -2.35. The van der Waals surface area contributed by atoms with E-state index in [0.29, 0.717) is 17.6 Å². The molecule has 2 atom stereocenters. The fourth-order valence-electron chi connectivity index (χ4n) is 3.05. The zero-order valence-corrected chi connectivity index (χ0v) is 11.0. The number of nitro groups is 1. The van der Waals surface area contributed by atoms with E-state index in [9.17, 15) is 10.1 Å². The summed E-state index contributed by atoms with van der Waals surface area (Å²) in [7, 11) is 0. The van der Waals surface area contributed by atoms with E-state index in [1.165, 1.54) is 19.0 Å². The highest BCUT2D eigenvalue weighted by molar-refractivity contribution is 5.49. The zero-order chi connectivity index (χ0) is 13.4. The number of anilines is 1. The van der Waals surface area contributed by atoms with Crippen LogP contribution in [0.4, 0.5) is 11.5 Å². The minimum Gasteiger partial charge on any atom is -0.355 e. The van der Waals surface area contributed by atoms with Gasteiger partial charge in [-0.1, -0.05) is 0 Å². The van der Waals surface area contributed by atoms with Crippen LogP contribution in [0.1, 0.15) is 24.8 Å². The van der Waals surface area contributed by atoms with Gasteiger partial charge in [0.25, 0.3) is 5.69 Å². The van der Waals surface area contributed by atoms with Crippen LogP contribution in [0.5, 0.6) is 0 Å². The summed E-state index contributed by atoms with van der Waals surface area (Å²) >= 11 is 0. The Hall–Kier alpha value is -1.69. The summed E-state index contributed by atoms with van der Waals surface area (Å²) < 4.78 is 0. The van der Waals surface area contributed by atoms with Crippen molar-refractivity contribution in [3.05, 3.63) is 27.9 Å². The molecule has 2 aliphatic rings. The van der Waals surface area contributed by atoms with E-state index >= 15 is 0 Å². The molecule has 1 aromatic rings. The second-order valence-electron chi connectivity index (χ2n) is 5.46. The molecule has 0 aromatic carbocycles. The summed E-state index contributed by atoms with van der Waals surface area (Å²) in [5.41, 5.74) is 0.774. The van der Waals surface area contributed by atoms with Gasteiger partial charge in [-0.05, 0) is 32.3 Å². The molecule has 0 saturated carbocycles. The molecule has 2 unspecified atom stereocenters. The molecule has 3 heterocycles. The first-order chi connectivity index (χ1) is 9.13. The van der Waals surface area contributed by atoms with Crippen LogP contribution in [-0.4, -0.2) is 35.1 Å². The zero-order valence-electron chi connectivity index (χ0n) is 11.0. The number of fused-ring (bicyclic) bond motifs is 2. The average molecular weight is 262 g/mol. The molecule has 0 aliphatic carbocycles. The van der Waals surface area contributed by atoms with E-state index in [2.05, 4.69) is 15.2 Å². The molecule has 2 aliphatic heterocycles. The Morgan fingerprint density at radius 1 is 1.42 bits per heavy atom. The Balaban J connectivity index is 1.82. The van der Waals surface area contributed by atoms with Gasteiger partial charge in [0.05, 0.1) is 4.92 Å². The van der Waals surface area contributed by atoms with Gasteiger partial charge in [0.1, 0.15) is 12.0 Å². The first kappa shape index (κ1) is 12.3.